The standard InChI is InChI=1S/C25H20ClN3O3/c1-14-4-6-17(11-18(14)24(30)31-3)32-25-27-21-12-19(20(26)13-22(21)28-25)15-5-7-23-16(10-15)8-9-29(23)2/h4-13H,1-3H3,(H,27,28). The molecule has 1 N–H and O–H groups in total. The van der Waals surface area contributed by atoms with Crippen molar-refractivity contribution in [3.63, 3.8) is 0 Å². The monoisotopic (exact) mass is 445 g/mol. The number of methoxy groups -OCH3 is 1. The lowest BCUT2D eigenvalue weighted by molar-refractivity contribution is 0.0599. The molecular formula is C25H20ClN3O3. The van der Waals surface area contributed by atoms with E-state index in [9.17, 15) is 4.79 Å². The third-order valence-corrected chi connectivity index (χ3v) is 5.89. The number of H-pyrrole nitrogens is 1. The van der Waals surface area contributed by atoms with Gasteiger partial charge in [-0.05, 0) is 60.5 Å². The van der Waals surface area contributed by atoms with E-state index in [0.29, 0.717) is 22.3 Å². The smallest absolute Gasteiger partial charge is 0.338 e. The molecule has 2 heterocycles. The number of aromatic nitrogens is 3. The summed E-state index contributed by atoms with van der Waals surface area (Å²) in [6.07, 6.45) is 2.03. The number of carbonyl (C=O) groups excluding carboxylic acids is 1. The number of rotatable bonds is 4. The highest BCUT2D eigenvalue weighted by Gasteiger charge is 2.14. The van der Waals surface area contributed by atoms with Crippen molar-refractivity contribution in [3.8, 4) is 22.9 Å². The molecule has 0 aliphatic carbocycles. The van der Waals surface area contributed by atoms with Crippen molar-refractivity contribution in [2.75, 3.05) is 7.11 Å². The largest absolute Gasteiger partial charge is 0.465 e. The van der Waals surface area contributed by atoms with Gasteiger partial charge >= 0.3 is 5.97 Å². The molecule has 0 saturated heterocycles. The number of hydrogen-bond donors (Lipinski definition) is 1. The molecule has 160 valence electrons. The third-order valence-electron chi connectivity index (χ3n) is 5.57. The number of aryl methyl sites for hydroxylation is 2. The van der Waals surface area contributed by atoms with Crippen LogP contribution in [0, 0.1) is 6.92 Å². The van der Waals surface area contributed by atoms with Crippen LogP contribution in [0.25, 0.3) is 33.1 Å². The SMILES string of the molecule is COC(=O)c1cc(Oc2nc3cc(-c4ccc5c(ccn5C)c4)c(Cl)cc3[nH]2)ccc1C. The molecule has 0 fully saturated rings. The second-order valence-electron chi connectivity index (χ2n) is 7.66. The fourth-order valence-electron chi connectivity index (χ4n) is 3.83. The molecule has 0 radical (unpaired) electrons. The molecule has 6 nitrogen and oxygen atoms in total. The summed E-state index contributed by atoms with van der Waals surface area (Å²) in [5.41, 5.74) is 5.81. The van der Waals surface area contributed by atoms with Crippen molar-refractivity contribution in [2.45, 2.75) is 6.92 Å². The molecule has 2 aromatic heterocycles. The van der Waals surface area contributed by atoms with Gasteiger partial charge in [-0.1, -0.05) is 23.7 Å². The Bertz CT molecular complexity index is 1500. The number of hydrogen-bond acceptors (Lipinski definition) is 4. The van der Waals surface area contributed by atoms with Crippen LogP contribution in [-0.4, -0.2) is 27.6 Å². The second-order valence-corrected chi connectivity index (χ2v) is 8.07. The van der Waals surface area contributed by atoms with E-state index < -0.39 is 5.97 Å². The molecule has 0 amide bonds. The Balaban J connectivity index is 1.50. The van der Waals surface area contributed by atoms with Crippen LogP contribution in [0.5, 0.6) is 11.8 Å². The first-order chi connectivity index (χ1) is 15.4. The van der Waals surface area contributed by atoms with Crippen LogP contribution >= 0.6 is 11.6 Å². The molecule has 0 unspecified atom stereocenters. The Morgan fingerprint density at radius 3 is 2.75 bits per heavy atom. The van der Waals surface area contributed by atoms with Crippen molar-refractivity contribution in [3.05, 3.63) is 76.9 Å². The summed E-state index contributed by atoms with van der Waals surface area (Å²) >= 11 is 6.61. The molecule has 0 bridgehead atoms. The Labute approximate surface area is 189 Å². The van der Waals surface area contributed by atoms with Crippen LogP contribution in [0.15, 0.2) is 60.8 Å². The summed E-state index contributed by atoms with van der Waals surface area (Å²) in [5.74, 6) is 0.0697. The van der Waals surface area contributed by atoms with Gasteiger partial charge in [0.05, 0.1) is 28.7 Å². The summed E-state index contributed by atoms with van der Waals surface area (Å²) in [7, 11) is 3.37. The van der Waals surface area contributed by atoms with Gasteiger partial charge in [0, 0.05) is 29.7 Å². The van der Waals surface area contributed by atoms with Gasteiger partial charge in [0.15, 0.2) is 0 Å². The van der Waals surface area contributed by atoms with E-state index in [2.05, 4.69) is 38.8 Å². The molecule has 5 aromatic rings. The lowest BCUT2D eigenvalue weighted by Gasteiger charge is -2.07. The van der Waals surface area contributed by atoms with Gasteiger partial charge in [0.2, 0.25) is 0 Å². The Morgan fingerprint density at radius 2 is 1.94 bits per heavy atom. The number of benzene rings is 3. The minimum atomic E-state index is -0.413. The van der Waals surface area contributed by atoms with E-state index in [1.165, 1.54) is 7.11 Å². The Hall–Kier alpha value is -3.77. The average Bonchev–Trinajstić information content (AvgIpc) is 3.35. The average molecular weight is 446 g/mol. The highest BCUT2D eigenvalue weighted by atomic mass is 35.5. The maximum atomic E-state index is 12.0. The Morgan fingerprint density at radius 1 is 1.09 bits per heavy atom. The zero-order valence-electron chi connectivity index (χ0n) is 17.8. The Kier molecular flexibility index (Phi) is 4.87. The lowest BCUT2D eigenvalue weighted by Crippen LogP contribution is -2.04. The van der Waals surface area contributed by atoms with Crippen molar-refractivity contribution < 1.29 is 14.3 Å². The maximum absolute atomic E-state index is 12.0. The maximum Gasteiger partial charge on any atom is 0.338 e. The molecule has 5 rings (SSSR count). The van der Waals surface area contributed by atoms with E-state index in [-0.39, 0.29) is 0 Å². The minimum absolute atomic E-state index is 0.311. The predicted octanol–water partition coefficient (Wildman–Crippen LogP) is 6.26. The minimum Gasteiger partial charge on any atom is -0.465 e. The summed E-state index contributed by atoms with van der Waals surface area (Å²) in [6, 6.07) is 17.7. The molecule has 3 aromatic carbocycles. The normalized spacial score (nSPS) is 11.2. The van der Waals surface area contributed by atoms with Crippen molar-refractivity contribution in [1.29, 1.82) is 0 Å². The molecule has 0 aliphatic rings. The van der Waals surface area contributed by atoms with Gasteiger partial charge in [-0.2, -0.15) is 4.98 Å². The quantitative estimate of drug-likeness (QED) is 0.331. The molecular weight excluding hydrogens is 426 g/mol. The summed E-state index contributed by atoms with van der Waals surface area (Å²) in [5, 5.41) is 1.76. The number of halogens is 1. The highest BCUT2D eigenvalue weighted by molar-refractivity contribution is 6.34. The van der Waals surface area contributed by atoms with Crippen LogP contribution in [0.2, 0.25) is 5.02 Å². The summed E-state index contributed by atoms with van der Waals surface area (Å²) in [6.45, 7) is 1.84. The van der Waals surface area contributed by atoms with Crippen LogP contribution in [-0.2, 0) is 11.8 Å². The van der Waals surface area contributed by atoms with Crippen molar-refractivity contribution in [1.82, 2.24) is 14.5 Å². The van der Waals surface area contributed by atoms with E-state index in [4.69, 9.17) is 21.1 Å². The van der Waals surface area contributed by atoms with E-state index in [1.54, 1.807) is 18.2 Å². The number of ether oxygens (including phenoxy) is 2. The van der Waals surface area contributed by atoms with Crippen molar-refractivity contribution >= 4 is 39.5 Å². The van der Waals surface area contributed by atoms with Gasteiger partial charge in [-0.15, -0.1) is 0 Å². The van der Waals surface area contributed by atoms with Gasteiger partial charge < -0.3 is 19.0 Å². The topological polar surface area (TPSA) is 69.1 Å². The molecule has 0 aliphatic heterocycles. The van der Waals surface area contributed by atoms with Crippen molar-refractivity contribution in [2.24, 2.45) is 7.05 Å². The number of imidazole rings is 1. The van der Waals surface area contributed by atoms with E-state index >= 15 is 0 Å². The van der Waals surface area contributed by atoms with Gasteiger partial charge in [0.1, 0.15) is 5.75 Å². The van der Waals surface area contributed by atoms with Crippen LogP contribution in [0.1, 0.15) is 15.9 Å². The number of aromatic amines is 1. The summed E-state index contributed by atoms with van der Waals surface area (Å²) < 4.78 is 12.8. The fourth-order valence-corrected chi connectivity index (χ4v) is 4.10. The predicted molar refractivity (Wildman–Crippen MR) is 126 cm³/mol. The van der Waals surface area contributed by atoms with Gasteiger partial charge in [-0.3, -0.25) is 0 Å². The molecule has 32 heavy (non-hydrogen) atoms. The number of esters is 1. The summed E-state index contributed by atoms with van der Waals surface area (Å²) in [4.78, 5) is 19.7. The van der Waals surface area contributed by atoms with Gasteiger partial charge in [0.25, 0.3) is 6.01 Å². The zero-order chi connectivity index (χ0) is 22.4. The first-order valence-corrected chi connectivity index (χ1v) is 10.4. The zero-order valence-corrected chi connectivity index (χ0v) is 18.5. The fraction of sp³-hybridized carbons (Fsp3) is 0.120. The first-order valence-electron chi connectivity index (χ1n) is 10.0. The van der Waals surface area contributed by atoms with Crippen LogP contribution < -0.4 is 4.74 Å². The van der Waals surface area contributed by atoms with Gasteiger partial charge in [-0.25, -0.2) is 4.79 Å². The van der Waals surface area contributed by atoms with Crippen LogP contribution in [0.3, 0.4) is 0 Å². The van der Waals surface area contributed by atoms with Crippen LogP contribution in [0.4, 0.5) is 0 Å². The number of fused-ring (bicyclic) bond motifs is 2. The molecule has 7 heteroatoms. The number of carbonyl (C=O) groups is 1. The highest BCUT2D eigenvalue weighted by Crippen LogP contribution is 2.34. The number of nitrogens with one attached hydrogen (secondary N) is 1. The first kappa shape index (κ1) is 20.2. The van der Waals surface area contributed by atoms with E-state index in [0.717, 1.165) is 38.6 Å². The number of nitrogens with zero attached hydrogens (tertiary/aromatic N) is 2. The molecule has 0 atom stereocenters. The lowest BCUT2D eigenvalue weighted by atomic mass is 10.0. The van der Waals surface area contributed by atoms with E-state index in [1.807, 2.05) is 32.3 Å². The third kappa shape index (κ3) is 3.48. The second kappa shape index (κ2) is 7.73. The molecule has 0 saturated carbocycles. The molecule has 0 spiro atoms.